The molecule has 106 valence electrons. The first-order chi connectivity index (χ1) is 9.24. The van der Waals surface area contributed by atoms with Gasteiger partial charge in [-0.05, 0) is 43.9 Å². The predicted molar refractivity (Wildman–Crippen MR) is 77.6 cm³/mol. The maximum absolute atomic E-state index is 9.84. The quantitative estimate of drug-likeness (QED) is 0.856. The average Bonchev–Trinajstić information content (AvgIpc) is 2.86. The molecule has 1 aliphatic heterocycles. The maximum atomic E-state index is 9.84. The highest BCUT2D eigenvalue weighted by molar-refractivity contribution is 5.34. The number of β-amino-alcohol motifs (C(OH)–C–C–N with tert-alkyl or cyclic N) is 1. The van der Waals surface area contributed by atoms with E-state index < -0.39 is 0 Å². The summed E-state index contributed by atoms with van der Waals surface area (Å²) in [6.07, 6.45) is 4.10. The van der Waals surface area contributed by atoms with Crippen molar-refractivity contribution in [2.24, 2.45) is 0 Å². The Labute approximate surface area is 116 Å². The lowest BCUT2D eigenvalue weighted by molar-refractivity contribution is 0.102. The van der Waals surface area contributed by atoms with Crippen molar-refractivity contribution in [3.8, 4) is 5.75 Å². The number of methoxy groups -OCH3 is 1. The van der Waals surface area contributed by atoms with Gasteiger partial charge in [-0.15, -0.1) is 0 Å². The van der Waals surface area contributed by atoms with Gasteiger partial charge in [-0.2, -0.15) is 0 Å². The highest BCUT2D eigenvalue weighted by Gasteiger charge is 2.26. The van der Waals surface area contributed by atoms with Crippen molar-refractivity contribution < 1.29 is 9.84 Å². The zero-order valence-electron chi connectivity index (χ0n) is 12.0. The highest BCUT2D eigenvalue weighted by atomic mass is 16.5. The number of hydrogen-bond donors (Lipinski definition) is 1. The standard InChI is InChI=1S/C16H25NO2/c1-3-15(18)12-17-10-6-8-14(17)11-13-7-4-5-9-16(13)19-2/h4-5,7,9,14-15,18H,3,6,8,10-12H2,1-2H3. The van der Waals surface area contributed by atoms with Crippen LogP contribution in [0.15, 0.2) is 24.3 Å². The summed E-state index contributed by atoms with van der Waals surface area (Å²) in [7, 11) is 1.73. The van der Waals surface area contributed by atoms with Gasteiger partial charge in [0.05, 0.1) is 13.2 Å². The summed E-state index contributed by atoms with van der Waals surface area (Å²) in [5.41, 5.74) is 1.27. The second-order valence-corrected chi connectivity index (χ2v) is 5.37. The first-order valence-electron chi connectivity index (χ1n) is 7.28. The average molecular weight is 263 g/mol. The van der Waals surface area contributed by atoms with E-state index in [9.17, 15) is 5.11 Å². The Hall–Kier alpha value is -1.06. The Kier molecular flexibility index (Phi) is 5.23. The van der Waals surface area contributed by atoms with Crippen molar-refractivity contribution in [1.82, 2.24) is 4.90 Å². The minimum atomic E-state index is -0.196. The van der Waals surface area contributed by atoms with Gasteiger partial charge in [0.15, 0.2) is 0 Å². The molecule has 1 N–H and O–H groups in total. The second-order valence-electron chi connectivity index (χ2n) is 5.37. The van der Waals surface area contributed by atoms with Gasteiger partial charge in [0, 0.05) is 12.6 Å². The van der Waals surface area contributed by atoms with Crippen molar-refractivity contribution >= 4 is 0 Å². The number of hydrogen-bond acceptors (Lipinski definition) is 3. The van der Waals surface area contributed by atoms with Gasteiger partial charge in [-0.25, -0.2) is 0 Å². The van der Waals surface area contributed by atoms with Crippen LogP contribution in [-0.2, 0) is 6.42 Å². The van der Waals surface area contributed by atoms with E-state index in [4.69, 9.17) is 4.74 Å². The summed E-state index contributed by atoms with van der Waals surface area (Å²) < 4.78 is 5.43. The van der Waals surface area contributed by atoms with Gasteiger partial charge in [0.2, 0.25) is 0 Å². The number of aliphatic hydroxyl groups excluding tert-OH is 1. The van der Waals surface area contributed by atoms with Crippen LogP contribution < -0.4 is 4.74 Å². The van der Waals surface area contributed by atoms with Gasteiger partial charge in [0.25, 0.3) is 0 Å². The first-order valence-corrected chi connectivity index (χ1v) is 7.28. The van der Waals surface area contributed by atoms with Gasteiger partial charge < -0.3 is 9.84 Å². The Morgan fingerprint density at radius 1 is 1.42 bits per heavy atom. The van der Waals surface area contributed by atoms with Gasteiger partial charge in [0.1, 0.15) is 5.75 Å². The van der Waals surface area contributed by atoms with Crippen LogP contribution in [0.1, 0.15) is 31.7 Å². The number of benzene rings is 1. The van der Waals surface area contributed by atoms with Crippen molar-refractivity contribution in [2.75, 3.05) is 20.2 Å². The summed E-state index contributed by atoms with van der Waals surface area (Å²) in [5.74, 6) is 0.977. The Bertz CT molecular complexity index is 394. The number of ether oxygens (including phenoxy) is 1. The number of para-hydroxylation sites is 1. The van der Waals surface area contributed by atoms with Crippen LogP contribution >= 0.6 is 0 Å². The normalized spacial score (nSPS) is 21.5. The fourth-order valence-electron chi connectivity index (χ4n) is 2.89. The molecule has 1 heterocycles. The molecule has 2 unspecified atom stereocenters. The predicted octanol–water partition coefficient (Wildman–Crippen LogP) is 2.47. The van der Waals surface area contributed by atoms with E-state index in [1.54, 1.807) is 7.11 Å². The van der Waals surface area contributed by atoms with E-state index in [0.29, 0.717) is 6.04 Å². The molecule has 1 aliphatic rings. The Morgan fingerprint density at radius 3 is 2.95 bits per heavy atom. The van der Waals surface area contributed by atoms with Crippen LogP contribution in [0.4, 0.5) is 0 Å². The van der Waals surface area contributed by atoms with E-state index in [-0.39, 0.29) is 6.10 Å². The third-order valence-electron chi connectivity index (χ3n) is 4.06. The molecule has 0 spiro atoms. The molecule has 0 aliphatic carbocycles. The molecule has 0 aromatic heterocycles. The smallest absolute Gasteiger partial charge is 0.122 e. The molecule has 0 radical (unpaired) electrons. The molecule has 3 nitrogen and oxygen atoms in total. The summed E-state index contributed by atoms with van der Waals surface area (Å²) >= 11 is 0. The molecule has 3 heteroatoms. The monoisotopic (exact) mass is 263 g/mol. The van der Waals surface area contributed by atoms with E-state index in [2.05, 4.69) is 17.0 Å². The van der Waals surface area contributed by atoms with Crippen molar-refractivity contribution in [3.05, 3.63) is 29.8 Å². The lowest BCUT2D eigenvalue weighted by Gasteiger charge is -2.27. The zero-order valence-corrected chi connectivity index (χ0v) is 12.0. The first kappa shape index (κ1) is 14.4. The van der Waals surface area contributed by atoms with E-state index in [1.165, 1.54) is 18.4 Å². The molecule has 0 bridgehead atoms. The third kappa shape index (κ3) is 3.71. The number of aliphatic hydroxyl groups is 1. The highest BCUT2D eigenvalue weighted by Crippen LogP contribution is 2.26. The van der Waals surface area contributed by atoms with Crippen molar-refractivity contribution in [2.45, 2.75) is 44.8 Å². The molecule has 1 aromatic carbocycles. The van der Waals surface area contributed by atoms with Crippen LogP contribution in [0.3, 0.4) is 0 Å². The number of rotatable bonds is 6. The third-order valence-corrected chi connectivity index (χ3v) is 4.06. The number of nitrogens with zero attached hydrogens (tertiary/aromatic N) is 1. The minimum absolute atomic E-state index is 0.196. The molecule has 1 fully saturated rings. The van der Waals surface area contributed by atoms with Crippen LogP contribution in [0.5, 0.6) is 5.75 Å². The van der Waals surface area contributed by atoms with Crippen molar-refractivity contribution in [1.29, 1.82) is 0 Å². The molecule has 1 saturated heterocycles. The van der Waals surface area contributed by atoms with Crippen LogP contribution in [0.2, 0.25) is 0 Å². The molecule has 19 heavy (non-hydrogen) atoms. The largest absolute Gasteiger partial charge is 0.496 e. The second kappa shape index (κ2) is 6.92. The molecular formula is C16H25NO2. The van der Waals surface area contributed by atoms with Crippen molar-refractivity contribution in [3.63, 3.8) is 0 Å². The molecule has 0 amide bonds. The van der Waals surface area contributed by atoms with Gasteiger partial charge >= 0.3 is 0 Å². The van der Waals surface area contributed by atoms with Gasteiger partial charge in [-0.1, -0.05) is 25.1 Å². The fourth-order valence-corrected chi connectivity index (χ4v) is 2.89. The minimum Gasteiger partial charge on any atom is -0.496 e. The summed E-state index contributed by atoms with van der Waals surface area (Å²) in [5, 5.41) is 9.84. The van der Waals surface area contributed by atoms with Crippen LogP contribution in [0.25, 0.3) is 0 Å². The van der Waals surface area contributed by atoms with E-state index in [0.717, 1.165) is 31.7 Å². The summed E-state index contributed by atoms with van der Waals surface area (Å²) in [6.45, 7) is 3.95. The molecule has 2 atom stereocenters. The zero-order chi connectivity index (χ0) is 13.7. The van der Waals surface area contributed by atoms with E-state index >= 15 is 0 Å². The topological polar surface area (TPSA) is 32.7 Å². The lowest BCUT2D eigenvalue weighted by atomic mass is 10.0. The van der Waals surface area contributed by atoms with E-state index in [1.807, 2.05) is 19.1 Å². The molecule has 1 aromatic rings. The Morgan fingerprint density at radius 2 is 2.21 bits per heavy atom. The van der Waals surface area contributed by atoms with Crippen LogP contribution in [0, 0.1) is 0 Å². The number of likely N-dealkylation sites (tertiary alicyclic amines) is 1. The Balaban J connectivity index is 2.01. The molecule has 2 rings (SSSR count). The summed E-state index contributed by atoms with van der Waals surface area (Å²) in [6, 6.07) is 8.78. The fraction of sp³-hybridized carbons (Fsp3) is 0.625. The SMILES string of the molecule is CCC(O)CN1CCCC1Cc1ccccc1OC. The maximum Gasteiger partial charge on any atom is 0.122 e. The van der Waals surface area contributed by atoms with Crippen LogP contribution in [-0.4, -0.2) is 42.4 Å². The lowest BCUT2D eigenvalue weighted by Crippen LogP contribution is -2.37. The van der Waals surface area contributed by atoms with Gasteiger partial charge in [-0.3, -0.25) is 4.90 Å². The molecule has 0 saturated carbocycles. The molecular weight excluding hydrogens is 238 g/mol. The summed E-state index contributed by atoms with van der Waals surface area (Å²) in [4.78, 5) is 2.43.